The van der Waals surface area contributed by atoms with Crippen molar-refractivity contribution in [1.29, 1.82) is 0 Å². The number of esters is 1. The number of ether oxygens (including phenoxy) is 1. The molecule has 0 aliphatic carbocycles. The highest BCUT2D eigenvalue weighted by molar-refractivity contribution is 5.93. The first-order valence-corrected chi connectivity index (χ1v) is 5.11. The molecule has 1 aliphatic heterocycles. The Morgan fingerprint density at radius 2 is 2.33 bits per heavy atom. The number of rotatable bonds is 2. The van der Waals surface area contributed by atoms with E-state index in [0.29, 0.717) is 19.7 Å². The molecule has 1 heterocycles. The van der Waals surface area contributed by atoms with E-state index in [4.69, 9.17) is 11.2 Å². The molecule has 0 bridgehead atoms. The second-order valence-electron chi connectivity index (χ2n) is 3.49. The van der Waals surface area contributed by atoms with Crippen molar-refractivity contribution in [1.82, 2.24) is 4.90 Å². The zero-order valence-electron chi connectivity index (χ0n) is 8.86. The molecule has 82 valence electrons. The van der Waals surface area contributed by atoms with Crippen LogP contribution in [0.15, 0.2) is 0 Å². The van der Waals surface area contributed by atoms with Crippen molar-refractivity contribution < 1.29 is 14.3 Å². The van der Waals surface area contributed by atoms with Crippen LogP contribution in [0.4, 0.5) is 0 Å². The first kappa shape index (κ1) is 11.6. The topological polar surface area (TPSA) is 46.6 Å². The Morgan fingerprint density at radius 3 is 2.93 bits per heavy atom. The van der Waals surface area contributed by atoms with Crippen LogP contribution in [-0.2, 0) is 14.3 Å². The fourth-order valence-electron chi connectivity index (χ4n) is 1.71. The summed E-state index contributed by atoms with van der Waals surface area (Å²) in [5, 5.41) is 0. The molecular weight excluding hydrogens is 194 g/mol. The van der Waals surface area contributed by atoms with Crippen LogP contribution in [0.1, 0.15) is 19.8 Å². The van der Waals surface area contributed by atoms with E-state index in [1.54, 1.807) is 6.92 Å². The van der Waals surface area contributed by atoms with Crippen LogP contribution in [0.5, 0.6) is 0 Å². The zero-order chi connectivity index (χ0) is 11.3. The number of terminal acetylenes is 1. The molecule has 0 saturated carbocycles. The second kappa shape index (κ2) is 5.40. The second-order valence-corrected chi connectivity index (χ2v) is 3.49. The fraction of sp³-hybridized carbons (Fsp3) is 0.636. The van der Waals surface area contributed by atoms with Gasteiger partial charge in [-0.1, -0.05) is 0 Å². The predicted octanol–water partition coefficient (Wildman–Crippen LogP) is 0.421. The summed E-state index contributed by atoms with van der Waals surface area (Å²) in [5.41, 5.74) is 0. The molecule has 1 fully saturated rings. The normalized spacial score (nSPS) is 20.5. The van der Waals surface area contributed by atoms with Crippen LogP contribution in [-0.4, -0.2) is 36.5 Å². The van der Waals surface area contributed by atoms with Crippen LogP contribution < -0.4 is 0 Å². The molecule has 4 heteroatoms. The molecule has 0 unspecified atom stereocenters. The molecule has 1 aliphatic rings. The van der Waals surface area contributed by atoms with Gasteiger partial charge in [0.2, 0.25) is 0 Å². The van der Waals surface area contributed by atoms with Crippen LogP contribution >= 0.6 is 0 Å². The van der Waals surface area contributed by atoms with Gasteiger partial charge in [0, 0.05) is 13.1 Å². The Morgan fingerprint density at radius 1 is 1.60 bits per heavy atom. The third-order valence-corrected chi connectivity index (χ3v) is 2.45. The number of piperidine rings is 1. The van der Waals surface area contributed by atoms with E-state index in [1.807, 2.05) is 0 Å². The van der Waals surface area contributed by atoms with Gasteiger partial charge in [0.25, 0.3) is 5.91 Å². The monoisotopic (exact) mass is 209 g/mol. The molecule has 1 saturated heterocycles. The molecule has 0 N–H and O–H groups in total. The molecule has 15 heavy (non-hydrogen) atoms. The zero-order valence-corrected chi connectivity index (χ0v) is 8.86. The molecule has 1 amide bonds. The summed E-state index contributed by atoms with van der Waals surface area (Å²) in [7, 11) is 0. The Balaban J connectivity index is 2.53. The first-order chi connectivity index (χ1) is 7.19. The third-order valence-electron chi connectivity index (χ3n) is 2.45. The number of amides is 1. The Kier molecular flexibility index (Phi) is 4.17. The first-order valence-electron chi connectivity index (χ1n) is 5.11. The van der Waals surface area contributed by atoms with Crippen LogP contribution in [0.2, 0.25) is 0 Å². The fourth-order valence-corrected chi connectivity index (χ4v) is 1.71. The maximum Gasteiger partial charge on any atom is 0.310 e. The van der Waals surface area contributed by atoms with Crippen molar-refractivity contribution in [2.75, 3.05) is 19.7 Å². The van der Waals surface area contributed by atoms with Crippen LogP contribution in [0.25, 0.3) is 0 Å². The van der Waals surface area contributed by atoms with E-state index < -0.39 is 0 Å². The van der Waals surface area contributed by atoms with Gasteiger partial charge >= 0.3 is 5.97 Å². The maximum absolute atomic E-state index is 11.4. The van der Waals surface area contributed by atoms with Crippen molar-refractivity contribution in [2.24, 2.45) is 5.92 Å². The smallest absolute Gasteiger partial charge is 0.310 e. The number of hydrogen-bond donors (Lipinski definition) is 0. The maximum atomic E-state index is 11.4. The predicted molar refractivity (Wildman–Crippen MR) is 54.8 cm³/mol. The van der Waals surface area contributed by atoms with Gasteiger partial charge in [-0.25, -0.2) is 0 Å². The van der Waals surface area contributed by atoms with Gasteiger partial charge in [0.1, 0.15) is 0 Å². The van der Waals surface area contributed by atoms with Gasteiger partial charge in [-0.15, -0.1) is 6.42 Å². The quantitative estimate of drug-likeness (QED) is 0.489. The third kappa shape index (κ3) is 2.98. The lowest BCUT2D eigenvalue weighted by molar-refractivity contribution is -0.150. The number of hydrogen-bond acceptors (Lipinski definition) is 3. The van der Waals surface area contributed by atoms with Gasteiger partial charge in [-0.2, -0.15) is 0 Å². The number of carbonyl (C=O) groups is 2. The Hall–Kier alpha value is -1.50. The molecule has 0 aromatic carbocycles. The van der Waals surface area contributed by atoms with E-state index in [1.165, 1.54) is 4.90 Å². The van der Waals surface area contributed by atoms with Crippen LogP contribution in [0, 0.1) is 18.3 Å². The number of carbonyl (C=O) groups excluding carboxylic acids is 2. The van der Waals surface area contributed by atoms with Gasteiger partial charge in [0.15, 0.2) is 0 Å². The lowest BCUT2D eigenvalue weighted by Crippen LogP contribution is -2.42. The van der Waals surface area contributed by atoms with Gasteiger partial charge in [-0.05, 0) is 25.7 Å². The Labute approximate surface area is 89.6 Å². The summed E-state index contributed by atoms with van der Waals surface area (Å²) in [6, 6.07) is 0. The molecule has 0 spiro atoms. The largest absolute Gasteiger partial charge is 0.466 e. The SMILES string of the molecule is C#CC(=O)N1CCC[C@@H](C(=O)OCC)C1. The molecule has 0 radical (unpaired) electrons. The Bertz CT molecular complexity index is 293. The highest BCUT2D eigenvalue weighted by Crippen LogP contribution is 2.17. The van der Waals surface area contributed by atoms with Crippen molar-refractivity contribution in [3.05, 3.63) is 0 Å². The van der Waals surface area contributed by atoms with Gasteiger partial charge < -0.3 is 9.64 Å². The summed E-state index contributed by atoms with van der Waals surface area (Å²) in [6.45, 7) is 3.17. The van der Waals surface area contributed by atoms with E-state index in [2.05, 4.69) is 5.92 Å². The summed E-state index contributed by atoms with van der Waals surface area (Å²) in [5.74, 6) is 1.28. The molecule has 1 atom stereocenters. The lowest BCUT2D eigenvalue weighted by atomic mass is 9.98. The number of likely N-dealkylation sites (tertiary alicyclic amines) is 1. The minimum Gasteiger partial charge on any atom is -0.466 e. The molecular formula is C11H15NO3. The minimum absolute atomic E-state index is 0.212. The highest BCUT2D eigenvalue weighted by atomic mass is 16.5. The summed E-state index contributed by atoms with van der Waals surface area (Å²) < 4.78 is 4.91. The lowest BCUT2D eigenvalue weighted by Gasteiger charge is -2.29. The summed E-state index contributed by atoms with van der Waals surface area (Å²) in [6.07, 6.45) is 6.60. The van der Waals surface area contributed by atoms with Crippen molar-refractivity contribution in [3.8, 4) is 12.3 Å². The summed E-state index contributed by atoms with van der Waals surface area (Å²) >= 11 is 0. The molecule has 0 aromatic heterocycles. The average molecular weight is 209 g/mol. The van der Waals surface area contributed by atoms with E-state index >= 15 is 0 Å². The van der Waals surface area contributed by atoms with Crippen LogP contribution in [0.3, 0.4) is 0 Å². The van der Waals surface area contributed by atoms with Crippen molar-refractivity contribution in [2.45, 2.75) is 19.8 Å². The van der Waals surface area contributed by atoms with Crippen molar-refractivity contribution >= 4 is 11.9 Å². The standard InChI is InChI=1S/C11H15NO3/c1-3-10(13)12-7-5-6-9(8-12)11(14)15-4-2/h1,9H,4-8H2,2H3/t9-/m1/s1. The molecule has 0 aromatic rings. The van der Waals surface area contributed by atoms with E-state index in [0.717, 1.165) is 12.8 Å². The van der Waals surface area contributed by atoms with Gasteiger partial charge in [-0.3, -0.25) is 9.59 Å². The van der Waals surface area contributed by atoms with Gasteiger partial charge in [0.05, 0.1) is 12.5 Å². The highest BCUT2D eigenvalue weighted by Gasteiger charge is 2.28. The minimum atomic E-state index is -0.344. The molecule has 1 rings (SSSR count). The van der Waals surface area contributed by atoms with E-state index in [9.17, 15) is 9.59 Å². The number of nitrogens with zero attached hydrogens (tertiary/aromatic N) is 1. The average Bonchev–Trinajstić information content (AvgIpc) is 2.28. The summed E-state index contributed by atoms with van der Waals surface area (Å²) in [4.78, 5) is 24.2. The van der Waals surface area contributed by atoms with Crippen molar-refractivity contribution in [3.63, 3.8) is 0 Å². The molecule has 4 nitrogen and oxygen atoms in total. The van der Waals surface area contributed by atoms with E-state index in [-0.39, 0.29) is 17.8 Å².